The van der Waals surface area contributed by atoms with Gasteiger partial charge < -0.3 is 16.0 Å². The first kappa shape index (κ1) is 15.0. The molecule has 2 atom stereocenters. The van der Waals surface area contributed by atoms with E-state index in [2.05, 4.69) is 16.0 Å². The van der Waals surface area contributed by atoms with Crippen molar-refractivity contribution in [2.75, 3.05) is 13.1 Å². The van der Waals surface area contributed by atoms with E-state index in [-0.39, 0.29) is 23.3 Å². The van der Waals surface area contributed by atoms with Gasteiger partial charge in [0.05, 0.1) is 5.92 Å². The van der Waals surface area contributed by atoms with E-state index in [1.54, 1.807) is 6.92 Å². The fourth-order valence-corrected chi connectivity index (χ4v) is 1.95. The summed E-state index contributed by atoms with van der Waals surface area (Å²) in [6.45, 7) is 9.16. The van der Waals surface area contributed by atoms with E-state index in [1.807, 2.05) is 20.8 Å². The van der Waals surface area contributed by atoms with Crippen LogP contribution in [0.4, 0.5) is 0 Å². The Balaban J connectivity index is 2.41. The van der Waals surface area contributed by atoms with Crippen LogP contribution in [-0.4, -0.2) is 36.5 Å². The summed E-state index contributed by atoms with van der Waals surface area (Å²) in [6, 6.07) is -0.487. The van der Waals surface area contributed by atoms with Crippen LogP contribution in [0.25, 0.3) is 0 Å². The SMILES string of the molecule is CC(NC(=O)C1CCCNC1)C(=O)NC(C)(C)C. The molecule has 104 valence electrons. The highest BCUT2D eigenvalue weighted by Gasteiger charge is 2.25. The van der Waals surface area contributed by atoms with Crippen molar-refractivity contribution in [2.45, 2.75) is 52.1 Å². The van der Waals surface area contributed by atoms with Crippen molar-refractivity contribution in [1.29, 1.82) is 0 Å². The molecule has 1 aliphatic heterocycles. The van der Waals surface area contributed by atoms with E-state index >= 15 is 0 Å². The van der Waals surface area contributed by atoms with Gasteiger partial charge in [0.1, 0.15) is 6.04 Å². The van der Waals surface area contributed by atoms with E-state index < -0.39 is 6.04 Å². The van der Waals surface area contributed by atoms with Crippen molar-refractivity contribution in [3.8, 4) is 0 Å². The minimum absolute atomic E-state index is 0.0105. The topological polar surface area (TPSA) is 70.2 Å². The normalized spacial score (nSPS) is 22.1. The van der Waals surface area contributed by atoms with Crippen molar-refractivity contribution in [2.24, 2.45) is 5.92 Å². The van der Waals surface area contributed by atoms with Crippen LogP contribution in [0.15, 0.2) is 0 Å². The zero-order valence-electron chi connectivity index (χ0n) is 11.8. The maximum absolute atomic E-state index is 11.9. The molecule has 3 N–H and O–H groups in total. The molecule has 1 saturated heterocycles. The molecule has 2 unspecified atom stereocenters. The van der Waals surface area contributed by atoms with Crippen LogP contribution in [0.1, 0.15) is 40.5 Å². The zero-order valence-corrected chi connectivity index (χ0v) is 11.8. The maximum Gasteiger partial charge on any atom is 0.242 e. The van der Waals surface area contributed by atoms with Crippen molar-refractivity contribution in [3.63, 3.8) is 0 Å². The van der Waals surface area contributed by atoms with Gasteiger partial charge in [0, 0.05) is 12.1 Å². The number of amides is 2. The molecule has 0 saturated carbocycles. The van der Waals surface area contributed by atoms with Crippen molar-refractivity contribution in [1.82, 2.24) is 16.0 Å². The molecular formula is C13H25N3O2. The Kier molecular flexibility index (Phi) is 5.14. The Labute approximate surface area is 109 Å². The summed E-state index contributed by atoms with van der Waals surface area (Å²) < 4.78 is 0. The zero-order chi connectivity index (χ0) is 13.8. The Morgan fingerprint density at radius 2 is 2.00 bits per heavy atom. The second kappa shape index (κ2) is 6.18. The molecular weight excluding hydrogens is 230 g/mol. The van der Waals surface area contributed by atoms with Crippen LogP contribution in [0, 0.1) is 5.92 Å². The highest BCUT2D eigenvalue weighted by Crippen LogP contribution is 2.10. The lowest BCUT2D eigenvalue weighted by Gasteiger charge is -2.26. The summed E-state index contributed by atoms with van der Waals surface area (Å²) >= 11 is 0. The molecule has 1 fully saturated rings. The van der Waals surface area contributed by atoms with Gasteiger partial charge in [0.15, 0.2) is 0 Å². The highest BCUT2D eigenvalue weighted by atomic mass is 16.2. The van der Waals surface area contributed by atoms with Crippen LogP contribution in [0.2, 0.25) is 0 Å². The number of carbonyl (C=O) groups excluding carboxylic acids is 2. The Morgan fingerprint density at radius 3 is 2.50 bits per heavy atom. The second-order valence-corrected chi connectivity index (χ2v) is 6.01. The lowest BCUT2D eigenvalue weighted by molar-refractivity contribution is -0.131. The highest BCUT2D eigenvalue weighted by molar-refractivity contribution is 5.88. The van der Waals surface area contributed by atoms with Crippen molar-refractivity contribution in [3.05, 3.63) is 0 Å². The Hall–Kier alpha value is -1.10. The standard InChI is InChI=1S/C13H25N3O2/c1-9(11(17)16-13(2,3)4)15-12(18)10-6-5-7-14-8-10/h9-10,14H,5-8H2,1-4H3,(H,15,18)(H,16,17). The molecule has 5 heteroatoms. The summed E-state index contributed by atoms with van der Waals surface area (Å²) in [7, 11) is 0. The number of carbonyl (C=O) groups is 2. The van der Waals surface area contributed by atoms with Crippen LogP contribution < -0.4 is 16.0 Å². The predicted octanol–water partition coefficient (Wildman–Crippen LogP) is 0.405. The Bertz CT molecular complexity index is 304. The van der Waals surface area contributed by atoms with E-state index in [4.69, 9.17) is 0 Å². The van der Waals surface area contributed by atoms with Gasteiger partial charge in [-0.1, -0.05) is 0 Å². The molecule has 0 aromatic rings. The molecule has 2 amide bonds. The van der Waals surface area contributed by atoms with Crippen LogP contribution in [0.3, 0.4) is 0 Å². The third-order valence-electron chi connectivity index (χ3n) is 2.92. The summed E-state index contributed by atoms with van der Waals surface area (Å²) in [5.74, 6) is -0.179. The fourth-order valence-electron chi connectivity index (χ4n) is 1.95. The molecule has 0 aromatic carbocycles. The van der Waals surface area contributed by atoms with E-state index in [1.165, 1.54) is 0 Å². The molecule has 18 heavy (non-hydrogen) atoms. The smallest absolute Gasteiger partial charge is 0.242 e. The van der Waals surface area contributed by atoms with Crippen molar-refractivity contribution >= 4 is 11.8 Å². The minimum atomic E-state index is -0.487. The van der Waals surface area contributed by atoms with Crippen molar-refractivity contribution < 1.29 is 9.59 Å². The van der Waals surface area contributed by atoms with Gasteiger partial charge in [0.2, 0.25) is 11.8 Å². The molecule has 0 bridgehead atoms. The first-order chi connectivity index (χ1) is 8.29. The number of piperidine rings is 1. The molecule has 0 radical (unpaired) electrons. The predicted molar refractivity (Wildman–Crippen MR) is 71.1 cm³/mol. The summed E-state index contributed by atoms with van der Waals surface area (Å²) in [5, 5.41) is 8.83. The molecule has 0 spiro atoms. The summed E-state index contributed by atoms with van der Waals surface area (Å²) in [4.78, 5) is 23.8. The first-order valence-corrected chi connectivity index (χ1v) is 6.63. The molecule has 1 heterocycles. The number of hydrogen-bond donors (Lipinski definition) is 3. The molecule has 1 aliphatic rings. The summed E-state index contributed by atoms with van der Waals surface area (Å²) in [5.41, 5.74) is -0.275. The van der Waals surface area contributed by atoms with Crippen LogP contribution in [0.5, 0.6) is 0 Å². The van der Waals surface area contributed by atoms with Gasteiger partial charge >= 0.3 is 0 Å². The second-order valence-electron chi connectivity index (χ2n) is 6.01. The lowest BCUT2D eigenvalue weighted by Crippen LogP contribution is -2.52. The average Bonchev–Trinajstić information content (AvgIpc) is 2.27. The quantitative estimate of drug-likeness (QED) is 0.684. The third kappa shape index (κ3) is 5.04. The van der Waals surface area contributed by atoms with E-state index in [9.17, 15) is 9.59 Å². The van der Waals surface area contributed by atoms with Gasteiger partial charge in [0.25, 0.3) is 0 Å². The van der Waals surface area contributed by atoms with Crippen LogP contribution >= 0.6 is 0 Å². The Morgan fingerprint density at radius 1 is 1.33 bits per heavy atom. The van der Waals surface area contributed by atoms with Gasteiger partial charge in [-0.2, -0.15) is 0 Å². The molecule has 5 nitrogen and oxygen atoms in total. The summed E-state index contributed by atoms with van der Waals surface area (Å²) in [6.07, 6.45) is 1.91. The monoisotopic (exact) mass is 255 g/mol. The van der Waals surface area contributed by atoms with Gasteiger partial charge in [-0.3, -0.25) is 9.59 Å². The maximum atomic E-state index is 11.9. The number of hydrogen-bond acceptors (Lipinski definition) is 3. The molecule has 0 aliphatic carbocycles. The third-order valence-corrected chi connectivity index (χ3v) is 2.92. The largest absolute Gasteiger partial charge is 0.350 e. The van der Waals surface area contributed by atoms with E-state index in [0.717, 1.165) is 19.4 Å². The molecule has 0 aromatic heterocycles. The van der Waals surface area contributed by atoms with Gasteiger partial charge in [-0.05, 0) is 47.1 Å². The minimum Gasteiger partial charge on any atom is -0.350 e. The van der Waals surface area contributed by atoms with Crippen LogP contribution in [-0.2, 0) is 9.59 Å². The van der Waals surface area contributed by atoms with E-state index in [0.29, 0.717) is 6.54 Å². The molecule has 1 rings (SSSR count). The average molecular weight is 255 g/mol. The van der Waals surface area contributed by atoms with Gasteiger partial charge in [-0.15, -0.1) is 0 Å². The number of nitrogens with one attached hydrogen (secondary N) is 3. The first-order valence-electron chi connectivity index (χ1n) is 6.63. The lowest BCUT2D eigenvalue weighted by atomic mass is 9.98. The fraction of sp³-hybridized carbons (Fsp3) is 0.846. The van der Waals surface area contributed by atoms with Gasteiger partial charge in [-0.25, -0.2) is 0 Å². The number of rotatable bonds is 3.